The Bertz CT molecular complexity index is 2400. The highest BCUT2D eigenvalue weighted by atomic mass is 35.5. The fourth-order valence-corrected chi connectivity index (χ4v) is 18.2. The average molecular weight is 2060 g/mol. The summed E-state index contributed by atoms with van der Waals surface area (Å²) in [6.45, 7) is 31.3. The predicted octanol–water partition coefficient (Wildman–Crippen LogP) is 27.1. The van der Waals surface area contributed by atoms with Crippen LogP contribution in [-0.4, -0.2) is 126 Å². The van der Waals surface area contributed by atoms with Crippen LogP contribution in [0.2, 0.25) is 0 Å². The summed E-state index contributed by atoms with van der Waals surface area (Å²) >= 11 is 0. The number of nitrogens with zero attached hydrogens (tertiary/aromatic N) is 1. The molecule has 14 nitrogen and oxygen atoms in total. The number of hydrogen-bond donors (Lipinski definition) is 13. The van der Waals surface area contributed by atoms with Crippen molar-refractivity contribution in [3.8, 4) is 0 Å². The van der Waals surface area contributed by atoms with Gasteiger partial charge in [-0.1, -0.05) is 604 Å². The summed E-state index contributed by atoms with van der Waals surface area (Å²) in [7, 11) is 0. The van der Waals surface area contributed by atoms with Gasteiger partial charge in [0, 0.05) is 43.3 Å². The first-order valence-corrected chi connectivity index (χ1v) is 62.1. The Hall–Kier alpha value is -1.54. The molecule has 854 valence electrons. The summed E-state index contributed by atoms with van der Waals surface area (Å²) in [5, 5.41) is 68.3. The summed E-state index contributed by atoms with van der Waals surface area (Å²) in [6, 6.07) is 21.5. The van der Waals surface area contributed by atoms with Gasteiger partial charge in [-0.25, -0.2) is 0 Å². The van der Waals surface area contributed by atoms with Crippen LogP contribution in [0.4, 0.5) is 0 Å². The van der Waals surface area contributed by atoms with Crippen molar-refractivity contribution in [1.82, 2.24) is 4.90 Å². The number of halogens is 2. The predicted molar refractivity (Wildman–Crippen MR) is 620 cm³/mol. The van der Waals surface area contributed by atoms with Crippen LogP contribution >= 0.6 is 0 Å². The van der Waals surface area contributed by atoms with Gasteiger partial charge in [0.25, 0.3) is 0 Å². The summed E-state index contributed by atoms with van der Waals surface area (Å²) < 4.78 is 0. The fourth-order valence-electron chi connectivity index (χ4n) is 18.2. The molecule has 0 saturated carbocycles. The molecule has 2 aromatic carbocycles. The smallest absolute Gasteiger partial charge is 0.108 e. The molecule has 0 amide bonds. The molecular weight excluding hydrogens is 1790 g/mol. The van der Waals surface area contributed by atoms with Crippen molar-refractivity contribution in [2.75, 3.05) is 0 Å². The maximum atomic E-state index is 11.0. The SMILES string of the molecule is CCCCCCCCCCCCCC[C@@H](O)[C@H](C)N.CCCCCCCCCCCCCC[C@@H](O)[C@H](C)N(Cc1ccccc1)Cc1ccccc1.CCCCCCCCCCCCCC[C@@H](O)[C@H](C)[NH3+].CCCCCCCCCCCCC[C@@H](O)[C@H](C)N.CCCCCCCCCCCCC[C@@H](O)[C@H](C)[NH3+].CCCCCCCCCCCC[C@@H](O)[C@H](C)N.CCCCCCCCCCC[C@@H](O)[C@H](C)N.[Cl-].[Cl-]. The van der Waals surface area contributed by atoms with Gasteiger partial charge < -0.3 is 95.0 Å². The van der Waals surface area contributed by atoms with Gasteiger partial charge in [-0.3, -0.25) is 4.90 Å². The van der Waals surface area contributed by atoms with E-state index >= 15 is 0 Å². The molecule has 0 spiro atoms. The minimum atomic E-state index is -0.303. The molecule has 2 rings (SSSR count). The van der Waals surface area contributed by atoms with Gasteiger partial charge in [-0.05, 0) is 105 Å². The van der Waals surface area contributed by atoms with Gasteiger partial charge in [0.2, 0.25) is 0 Å². The second-order valence-electron chi connectivity index (χ2n) is 44.2. The van der Waals surface area contributed by atoms with E-state index in [-0.39, 0.29) is 110 Å². The van der Waals surface area contributed by atoms with Crippen LogP contribution in [0, 0.1) is 0 Å². The molecule has 2 aromatic rings. The molecule has 0 unspecified atom stereocenters. The van der Waals surface area contributed by atoms with Gasteiger partial charge in [0.1, 0.15) is 24.3 Å². The number of unbranched alkanes of at least 4 members (excludes halogenated alkanes) is 70. The van der Waals surface area contributed by atoms with E-state index in [9.17, 15) is 35.7 Å². The number of benzene rings is 2. The molecule has 0 fully saturated rings. The van der Waals surface area contributed by atoms with E-state index in [1.54, 1.807) is 0 Å². The van der Waals surface area contributed by atoms with Crippen molar-refractivity contribution in [2.45, 2.75) is 734 Å². The topological polar surface area (TPSA) is 304 Å². The van der Waals surface area contributed by atoms with E-state index in [1.807, 2.05) is 41.5 Å². The van der Waals surface area contributed by atoms with E-state index in [0.717, 1.165) is 103 Å². The van der Waals surface area contributed by atoms with Crippen LogP contribution in [0.3, 0.4) is 0 Å². The second kappa shape index (κ2) is 126. The van der Waals surface area contributed by atoms with Crippen molar-refractivity contribution in [1.29, 1.82) is 0 Å². The van der Waals surface area contributed by atoms with E-state index in [1.165, 1.54) is 461 Å². The van der Waals surface area contributed by atoms with Gasteiger partial charge in [0.05, 0.1) is 30.5 Å². The molecule has 0 bridgehead atoms. The average Bonchev–Trinajstić information content (AvgIpc) is 0.861. The Kier molecular flexibility index (Phi) is 136. The third kappa shape index (κ3) is 124. The number of nitrogens with two attached hydrogens (primary N) is 4. The number of rotatable bonds is 96. The lowest BCUT2D eigenvalue weighted by atomic mass is 10.0. The summed E-state index contributed by atoms with van der Waals surface area (Å²) in [5.41, 5.74) is 32.8. The Morgan fingerprint density at radius 2 is 0.310 bits per heavy atom. The van der Waals surface area contributed by atoms with Crippen LogP contribution in [-0.2, 0) is 13.1 Å². The third-order valence-electron chi connectivity index (χ3n) is 29.1. The zero-order valence-corrected chi connectivity index (χ0v) is 99.2. The van der Waals surface area contributed by atoms with Crippen LogP contribution in [0.15, 0.2) is 60.7 Å². The van der Waals surface area contributed by atoms with Gasteiger partial charge in [-0.15, -0.1) is 0 Å². The normalized spacial score (nSPS) is 14.2. The molecule has 0 saturated heterocycles. The largest absolute Gasteiger partial charge is 1.00 e. The van der Waals surface area contributed by atoms with Crippen molar-refractivity contribution >= 4 is 0 Å². The minimum absolute atomic E-state index is 0. The summed E-state index contributed by atoms with van der Waals surface area (Å²) in [6.07, 6.45) is 109. The lowest BCUT2D eigenvalue weighted by Gasteiger charge is -2.32. The molecule has 16 heteroatoms. The monoisotopic (exact) mass is 2050 g/mol. The van der Waals surface area contributed by atoms with Gasteiger partial charge in [-0.2, -0.15) is 0 Å². The number of aliphatic hydroxyl groups is 7. The highest BCUT2D eigenvalue weighted by Crippen LogP contribution is 2.24. The van der Waals surface area contributed by atoms with Crippen molar-refractivity contribution in [2.24, 2.45) is 22.9 Å². The van der Waals surface area contributed by atoms with Crippen molar-refractivity contribution in [3.63, 3.8) is 0 Å². The first-order chi connectivity index (χ1) is 67.8. The number of aliphatic hydroxyl groups excluding tert-OH is 7. The zero-order chi connectivity index (χ0) is 105. The van der Waals surface area contributed by atoms with Crippen LogP contribution in [0.1, 0.15) is 647 Å². The molecule has 0 aliphatic heterocycles. The standard InChI is InChI=1S/C31H49NO.2C17H37NO.2C16H35NO.C15H33NO.C14H31NO.2ClH/c1-3-4-5-6-7-8-9-10-11-12-13-20-25-31(33)28(2)32(26-29-21-16-14-17-22-29)27-30-23-18-15-19-24-30;2*1-3-4-5-6-7-8-9-10-11-12-13-14-15-17(19)16(2)18;2*1-3-4-5-6-7-8-9-10-11-12-13-14-16(18)15(2)17;1-3-4-5-6-7-8-9-10-11-12-13-15(17)14(2)16;1-3-4-5-6-7-8-9-10-11-12-14(16)13(2)15;;/h14-19,21-24,28,31,33H,3-13,20,25-27H2,1-2H3;2*16-17,19H,3-15,18H2,1-2H3;2*15-16,18H,3-14,17H2,1-2H3;14-15,17H,3-13,16H2,1-2H3;13-14,16H,3-12,15H2,1-2H3;2*1H/t28-,31+;2*16-,17+;2*15-,16+;14-,15+;13-,14+;;/m0000000../s1. The van der Waals surface area contributed by atoms with Crippen LogP contribution < -0.4 is 59.2 Å². The quantitative estimate of drug-likeness (QED) is 0.0275. The molecule has 0 aromatic heterocycles. The van der Waals surface area contributed by atoms with Crippen molar-refractivity contribution < 1.29 is 72.0 Å². The lowest BCUT2D eigenvalue weighted by Crippen LogP contribution is -3.00. The molecule has 21 N–H and O–H groups in total. The van der Waals surface area contributed by atoms with Crippen molar-refractivity contribution in [3.05, 3.63) is 71.8 Å². The molecule has 0 heterocycles. The first kappa shape index (κ1) is 153. The Labute approximate surface area is 900 Å². The number of quaternary nitrogens is 2. The molecule has 142 heavy (non-hydrogen) atoms. The summed E-state index contributed by atoms with van der Waals surface area (Å²) in [5.74, 6) is 0. The maximum absolute atomic E-state index is 11.0. The van der Waals surface area contributed by atoms with E-state index in [0.29, 0.717) is 0 Å². The Morgan fingerprint density at radius 3 is 0.437 bits per heavy atom. The molecule has 0 aliphatic carbocycles. The summed E-state index contributed by atoms with van der Waals surface area (Å²) in [4.78, 5) is 2.43. The second-order valence-corrected chi connectivity index (χ2v) is 44.2. The van der Waals surface area contributed by atoms with E-state index in [2.05, 4.69) is 132 Å². The van der Waals surface area contributed by atoms with Crippen LogP contribution in [0.25, 0.3) is 0 Å². The highest BCUT2D eigenvalue weighted by Gasteiger charge is 2.23. The molecular formula is C126H259Cl2N7O7. The molecule has 14 atom stereocenters. The van der Waals surface area contributed by atoms with Gasteiger partial charge >= 0.3 is 0 Å². The van der Waals surface area contributed by atoms with E-state index in [4.69, 9.17) is 22.9 Å². The fraction of sp³-hybridized carbons (Fsp3) is 0.905. The minimum Gasteiger partial charge on any atom is -1.00 e. The van der Waals surface area contributed by atoms with Crippen LogP contribution in [0.5, 0.6) is 0 Å². The maximum Gasteiger partial charge on any atom is 0.108 e. The molecule has 0 aliphatic rings. The lowest BCUT2D eigenvalue weighted by molar-refractivity contribution is -0.432. The highest BCUT2D eigenvalue weighted by molar-refractivity contribution is 5.17. The Balaban J connectivity index is -0.000000304. The zero-order valence-electron chi connectivity index (χ0n) is 97.7. The van der Waals surface area contributed by atoms with Gasteiger partial charge in [0.15, 0.2) is 0 Å². The number of hydrogen-bond acceptors (Lipinski definition) is 12. The van der Waals surface area contributed by atoms with E-state index < -0.39 is 0 Å². The first-order valence-electron chi connectivity index (χ1n) is 62.1. The third-order valence-corrected chi connectivity index (χ3v) is 29.1. The molecule has 0 radical (unpaired) electrons. The Morgan fingerprint density at radius 1 is 0.190 bits per heavy atom.